The van der Waals surface area contributed by atoms with Crippen LogP contribution < -0.4 is 10.6 Å². The summed E-state index contributed by atoms with van der Waals surface area (Å²) < 4.78 is 0. The van der Waals surface area contributed by atoms with E-state index in [1.165, 1.54) is 12.8 Å². The Hall–Kier alpha value is -0.120. The van der Waals surface area contributed by atoms with Gasteiger partial charge in [0, 0.05) is 25.2 Å². The Bertz CT molecular complexity index is 135. The predicted molar refractivity (Wildman–Crippen MR) is 54.7 cm³/mol. The third kappa shape index (κ3) is 3.63. The fraction of sp³-hybridized carbons (Fsp3) is 1.00. The standard InChI is InChI=1S/C10H22N2O/c1-8(7-13)9(2)12-10-4-3-5-11-6-10/h8-13H,3-7H2,1-2H3. The van der Waals surface area contributed by atoms with Crippen molar-refractivity contribution in [1.82, 2.24) is 10.6 Å². The molecule has 1 aliphatic rings. The molecule has 78 valence electrons. The molecule has 1 fully saturated rings. The Morgan fingerprint density at radius 1 is 1.54 bits per heavy atom. The summed E-state index contributed by atoms with van der Waals surface area (Å²) in [7, 11) is 0. The van der Waals surface area contributed by atoms with Crippen molar-refractivity contribution in [3.8, 4) is 0 Å². The van der Waals surface area contributed by atoms with Crippen LogP contribution in [0.15, 0.2) is 0 Å². The summed E-state index contributed by atoms with van der Waals surface area (Å²) in [6, 6.07) is 1.01. The number of aliphatic hydroxyl groups excluding tert-OH is 1. The first-order valence-electron chi connectivity index (χ1n) is 5.31. The molecular formula is C10H22N2O. The lowest BCUT2D eigenvalue weighted by atomic mass is 10.0. The van der Waals surface area contributed by atoms with Gasteiger partial charge < -0.3 is 15.7 Å². The molecule has 3 N–H and O–H groups in total. The molecule has 0 spiro atoms. The van der Waals surface area contributed by atoms with Gasteiger partial charge in [0.05, 0.1) is 0 Å². The first-order chi connectivity index (χ1) is 6.24. The lowest BCUT2D eigenvalue weighted by Crippen LogP contribution is -2.48. The highest BCUT2D eigenvalue weighted by molar-refractivity contribution is 4.79. The number of aliphatic hydroxyl groups is 1. The highest BCUT2D eigenvalue weighted by Gasteiger charge is 2.17. The first kappa shape index (κ1) is 11.0. The molecule has 0 aromatic heterocycles. The van der Waals surface area contributed by atoms with Gasteiger partial charge in [-0.2, -0.15) is 0 Å². The molecular weight excluding hydrogens is 164 g/mol. The van der Waals surface area contributed by atoms with Gasteiger partial charge in [-0.1, -0.05) is 6.92 Å². The van der Waals surface area contributed by atoms with Gasteiger partial charge in [0.25, 0.3) is 0 Å². The van der Waals surface area contributed by atoms with E-state index in [1.54, 1.807) is 0 Å². The summed E-state index contributed by atoms with van der Waals surface area (Å²) in [6.07, 6.45) is 2.52. The first-order valence-corrected chi connectivity index (χ1v) is 5.31. The molecule has 0 bridgehead atoms. The fourth-order valence-corrected chi connectivity index (χ4v) is 1.69. The van der Waals surface area contributed by atoms with Crippen LogP contribution in [0.1, 0.15) is 26.7 Å². The minimum Gasteiger partial charge on any atom is -0.396 e. The maximum absolute atomic E-state index is 8.98. The van der Waals surface area contributed by atoms with Crippen LogP contribution in [-0.4, -0.2) is 36.9 Å². The molecule has 0 aliphatic carbocycles. The Morgan fingerprint density at radius 2 is 2.31 bits per heavy atom. The molecule has 1 saturated heterocycles. The van der Waals surface area contributed by atoms with E-state index in [0.717, 1.165) is 13.1 Å². The van der Waals surface area contributed by atoms with Gasteiger partial charge in [-0.05, 0) is 32.2 Å². The van der Waals surface area contributed by atoms with Crippen molar-refractivity contribution in [2.24, 2.45) is 5.92 Å². The monoisotopic (exact) mass is 186 g/mol. The van der Waals surface area contributed by atoms with Crippen molar-refractivity contribution in [2.45, 2.75) is 38.8 Å². The van der Waals surface area contributed by atoms with E-state index in [2.05, 4.69) is 24.5 Å². The molecule has 1 aliphatic heterocycles. The van der Waals surface area contributed by atoms with Gasteiger partial charge in [-0.15, -0.1) is 0 Å². The van der Waals surface area contributed by atoms with Crippen molar-refractivity contribution in [2.75, 3.05) is 19.7 Å². The van der Waals surface area contributed by atoms with Crippen LogP contribution in [0.5, 0.6) is 0 Å². The number of hydrogen-bond donors (Lipinski definition) is 3. The molecule has 0 aromatic rings. The molecule has 13 heavy (non-hydrogen) atoms. The van der Waals surface area contributed by atoms with Gasteiger partial charge in [0.1, 0.15) is 0 Å². The molecule has 0 amide bonds. The molecule has 1 rings (SSSR count). The summed E-state index contributed by atoms with van der Waals surface area (Å²) in [5.41, 5.74) is 0. The van der Waals surface area contributed by atoms with Crippen LogP contribution in [0.4, 0.5) is 0 Å². The zero-order chi connectivity index (χ0) is 9.68. The van der Waals surface area contributed by atoms with Crippen molar-refractivity contribution >= 4 is 0 Å². The number of rotatable bonds is 4. The summed E-state index contributed by atoms with van der Waals surface area (Å²) in [5, 5.41) is 15.9. The Morgan fingerprint density at radius 3 is 2.85 bits per heavy atom. The highest BCUT2D eigenvalue weighted by atomic mass is 16.3. The summed E-state index contributed by atoms with van der Waals surface area (Å²) >= 11 is 0. The average Bonchev–Trinajstić information content (AvgIpc) is 2.18. The second-order valence-electron chi connectivity index (χ2n) is 4.16. The van der Waals surface area contributed by atoms with E-state index in [0.29, 0.717) is 18.0 Å². The zero-order valence-corrected chi connectivity index (χ0v) is 8.71. The van der Waals surface area contributed by atoms with Crippen molar-refractivity contribution in [3.63, 3.8) is 0 Å². The molecule has 3 heteroatoms. The maximum atomic E-state index is 8.98. The van der Waals surface area contributed by atoms with E-state index in [9.17, 15) is 0 Å². The number of piperidine rings is 1. The van der Waals surface area contributed by atoms with E-state index in [4.69, 9.17) is 5.11 Å². The normalized spacial score (nSPS) is 28.4. The third-order valence-electron chi connectivity index (χ3n) is 2.94. The molecule has 0 radical (unpaired) electrons. The van der Waals surface area contributed by atoms with Crippen LogP contribution in [0.25, 0.3) is 0 Å². The minimum atomic E-state index is 0.272. The van der Waals surface area contributed by atoms with Gasteiger partial charge in [0.15, 0.2) is 0 Å². The molecule has 3 atom stereocenters. The molecule has 0 aromatic carbocycles. The Labute approximate surface area is 80.9 Å². The lowest BCUT2D eigenvalue weighted by molar-refractivity contribution is 0.196. The summed E-state index contributed by atoms with van der Waals surface area (Å²) in [4.78, 5) is 0. The Kier molecular flexibility index (Phi) is 4.70. The quantitative estimate of drug-likeness (QED) is 0.593. The average molecular weight is 186 g/mol. The second kappa shape index (κ2) is 5.58. The van der Waals surface area contributed by atoms with Crippen LogP contribution in [0, 0.1) is 5.92 Å². The van der Waals surface area contributed by atoms with Gasteiger partial charge in [0.2, 0.25) is 0 Å². The van der Waals surface area contributed by atoms with Crippen molar-refractivity contribution in [3.05, 3.63) is 0 Å². The van der Waals surface area contributed by atoms with Crippen molar-refractivity contribution in [1.29, 1.82) is 0 Å². The molecule has 0 saturated carbocycles. The third-order valence-corrected chi connectivity index (χ3v) is 2.94. The van der Waals surface area contributed by atoms with Gasteiger partial charge in [-0.25, -0.2) is 0 Å². The smallest absolute Gasteiger partial charge is 0.0471 e. The SMILES string of the molecule is CC(CO)C(C)NC1CCCNC1. The van der Waals surface area contributed by atoms with Gasteiger partial charge in [-0.3, -0.25) is 0 Å². The van der Waals surface area contributed by atoms with Crippen LogP contribution in [0.3, 0.4) is 0 Å². The van der Waals surface area contributed by atoms with Crippen LogP contribution >= 0.6 is 0 Å². The number of hydrogen-bond acceptors (Lipinski definition) is 3. The molecule has 1 heterocycles. The zero-order valence-electron chi connectivity index (χ0n) is 8.71. The lowest BCUT2D eigenvalue weighted by Gasteiger charge is -2.29. The van der Waals surface area contributed by atoms with Gasteiger partial charge >= 0.3 is 0 Å². The van der Waals surface area contributed by atoms with E-state index in [1.807, 2.05) is 0 Å². The predicted octanol–water partition coefficient (Wildman–Crippen LogP) is 0.345. The maximum Gasteiger partial charge on any atom is 0.0471 e. The van der Waals surface area contributed by atoms with E-state index < -0.39 is 0 Å². The second-order valence-corrected chi connectivity index (χ2v) is 4.16. The van der Waals surface area contributed by atoms with Crippen LogP contribution in [-0.2, 0) is 0 Å². The molecule has 3 nitrogen and oxygen atoms in total. The van der Waals surface area contributed by atoms with Crippen molar-refractivity contribution < 1.29 is 5.11 Å². The molecule has 3 unspecified atom stereocenters. The largest absolute Gasteiger partial charge is 0.396 e. The topological polar surface area (TPSA) is 44.3 Å². The van der Waals surface area contributed by atoms with E-state index in [-0.39, 0.29) is 6.61 Å². The minimum absolute atomic E-state index is 0.272. The fourth-order valence-electron chi connectivity index (χ4n) is 1.69. The number of nitrogens with one attached hydrogen (secondary N) is 2. The summed E-state index contributed by atoms with van der Waals surface area (Å²) in [5.74, 6) is 0.349. The Balaban J connectivity index is 2.21. The highest BCUT2D eigenvalue weighted by Crippen LogP contribution is 2.06. The van der Waals surface area contributed by atoms with Crippen LogP contribution in [0.2, 0.25) is 0 Å². The summed E-state index contributed by atoms with van der Waals surface area (Å²) in [6.45, 7) is 6.72. The van der Waals surface area contributed by atoms with E-state index >= 15 is 0 Å².